The summed E-state index contributed by atoms with van der Waals surface area (Å²) >= 11 is 0. The number of hydrogen-bond acceptors (Lipinski definition) is 4. The summed E-state index contributed by atoms with van der Waals surface area (Å²) in [5, 5.41) is 4.31. The fourth-order valence-electron chi connectivity index (χ4n) is 5.02. The molecule has 0 bridgehead atoms. The van der Waals surface area contributed by atoms with Crippen LogP contribution < -0.4 is 14.8 Å². The molecule has 186 valence electrons. The highest BCUT2D eigenvalue weighted by Crippen LogP contribution is 2.28. The van der Waals surface area contributed by atoms with E-state index in [0.29, 0.717) is 25.6 Å². The van der Waals surface area contributed by atoms with Crippen molar-refractivity contribution >= 4 is 16.8 Å². The van der Waals surface area contributed by atoms with Gasteiger partial charge >= 0.3 is 0 Å². The van der Waals surface area contributed by atoms with Crippen molar-refractivity contribution in [3.8, 4) is 11.5 Å². The van der Waals surface area contributed by atoms with Crippen LogP contribution in [0.5, 0.6) is 11.5 Å². The molecule has 0 atom stereocenters. The molecular formula is C30H33N3O3. The number of pyridine rings is 1. The number of benzene rings is 2. The van der Waals surface area contributed by atoms with E-state index in [-0.39, 0.29) is 5.91 Å². The quantitative estimate of drug-likeness (QED) is 0.333. The van der Waals surface area contributed by atoms with Crippen molar-refractivity contribution in [2.45, 2.75) is 57.7 Å². The molecule has 1 N–H and O–H groups in total. The molecule has 6 heteroatoms. The van der Waals surface area contributed by atoms with E-state index in [2.05, 4.69) is 33.2 Å². The number of hydrogen-bond donors (Lipinski definition) is 1. The number of ether oxygens (including phenoxy) is 2. The number of carbonyl (C=O) groups is 1. The van der Waals surface area contributed by atoms with E-state index >= 15 is 0 Å². The molecular weight excluding hydrogens is 450 g/mol. The van der Waals surface area contributed by atoms with Crippen molar-refractivity contribution in [3.05, 3.63) is 89.9 Å². The van der Waals surface area contributed by atoms with E-state index < -0.39 is 0 Å². The second-order valence-electron chi connectivity index (χ2n) is 9.54. The number of methoxy groups -OCH3 is 1. The molecule has 0 aliphatic heterocycles. The second kappa shape index (κ2) is 11.3. The van der Waals surface area contributed by atoms with E-state index in [1.807, 2.05) is 54.9 Å². The first-order valence-corrected chi connectivity index (χ1v) is 12.7. The summed E-state index contributed by atoms with van der Waals surface area (Å²) in [6.07, 6.45) is 11.9. The van der Waals surface area contributed by atoms with Crippen LogP contribution in [0.4, 0.5) is 0 Å². The second-order valence-corrected chi connectivity index (χ2v) is 9.54. The Balaban J connectivity index is 1.38. The molecule has 0 saturated heterocycles. The van der Waals surface area contributed by atoms with Gasteiger partial charge in [-0.1, -0.05) is 31.4 Å². The number of amides is 1. The van der Waals surface area contributed by atoms with Gasteiger partial charge < -0.3 is 19.4 Å². The first-order chi connectivity index (χ1) is 17.7. The first kappa shape index (κ1) is 23.9. The SMILES string of the molecule is COc1cccc(COc2ccc3c(c2)c(CC(=O)NC2CCCCC2)cn3Cc2ccncc2)c1. The Labute approximate surface area is 212 Å². The predicted molar refractivity (Wildman–Crippen MR) is 141 cm³/mol. The Kier molecular flexibility index (Phi) is 7.50. The van der Waals surface area contributed by atoms with Gasteiger partial charge in [-0.25, -0.2) is 0 Å². The fraction of sp³-hybridized carbons (Fsp3) is 0.333. The fourth-order valence-corrected chi connectivity index (χ4v) is 5.02. The average molecular weight is 484 g/mol. The molecule has 2 aromatic carbocycles. The van der Waals surface area contributed by atoms with Gasteiger partial charge in [0.25, 0.3) is 0 Å². The summed E-state index contributed by atoms with van der Waals surface area (Å²) in [7, 11) is 1.66. The molecule has 0 spiro atoms. The Morgan fingerprint density at radius 1 is 1.00 bits per heavy atom. The molecule has 1 amide bonds. The highest BCUT2D eigenvalue weighted by molar-refractivity contribution is 5.90. The normalized spacial score (nSPS) is 14.0. The lowest BCUT2D eigenvalue weighted by atomic mass is 9.95. The Morgan fingerprint density at radius 3 is 2.64 bits per heavy atom. The molecule has 2 aromatic heterocycles. The lowest BCUT2D eigenvalue weighted by Crippen LogP contribution is -2.37. The Morgan fingerprint density at radius 2 is 1.83 bits per heavy atom. The molecule has 0 radical (unpaired) electrons. The monoisotopic (exact) mass is 483 g/mol. The minimum Gasteiger partial charge on any atom is -0.497 e. The van der Waals surface area contributed by atoms with Crippen LogP contribution in [-0.2, 0) is 24.4 Å². The van der Waals surface area contributed by atoms with Crippen LogP contribution in [0.1, 0.15) is 48.8 Å². The van der Waals surface area contributed by atoms with Crippen molar-refractivity contribution in [2.75, 3.05) is 7.11 Å². The number of fused-ring (bicyclic) bond motifs is 1. The van der Waals surface area contributed by atoms with E-state index in [9.17, 15) is 4.79 Å². The zero-order valence-electron chi connectivity index (χ0n) is 20.8. The van der Waals surface area contributed by atoms with E-state index in [1.54, 1.807) is 7.11 Å². The summed E-state index contributed by atoms with van der Waals surface area (Å²) in [6.45, 7) is 1.16. The largest absolute Gasteiger partial charge is 0.497 e. The van der Waals surface area contributed by atoms with Crippen molar-refractivity contribution in [1.82, 2.24) is 14.9 Å². The molecule has 4 aromatic rings. The summed E-state index contributed by atoms with van der Waals surface area (Å²) in [6, 6.07) is 18.4. The third-order valence-corrected chi connectivity index (χ3v) is 6.90. The standard InChI is InChI=1S/C30H33N3O3/c1-35-26-9-5-6-23(16-26)21-36-27-10-11-29-28(18-27)24(17-30(34)32-25-7-3-2-4-8-25)20-33(29)19-22-12-14-31-15-13-22/h5-6,9-16,18,20,25H,2-4,7-8,17,19,21H2,1H3,(H,32,34). The number of rotatable bonds is 9. The van der Waals surface area contributed by atoms with Gasteiger partial charge in [0, 0.05) is 42.1 Å². The lowest BCUT2D eigenvalue weighted by molar-refractivity contribution is -0.121. The van der Waals surface area contributed by atoms with Crippen LogP contribution in [0.2, 0.25) is 0 Å². The van der Waals surface area contributed by atoms with Gasteiger partial charge in [-0.15, -0.1) is 0 Å². The summed E-state index contributed by atoms with van der Waals surface area (Å²) in [4.78, 5) is 17.1. The van der Waals surface area contributed by atoms with Crippen molar-refractivity contribution in [3.63, 3.8) is 0 Å². The molecule has 5 rings (SSSR count). The van der Waals surface area contributed by atoms with Crippen LogP contribution in [0, 0.1) is 0 Å². The highest BCUT2D eigenvalue weighted by Gasteiger charge is 2.18. The van der Waals surface area contributed by atoms with Crippen molar-refractivity contribution in [1.29, 1.82) is 0 Å². The molecule has 1 aliphatic carbocycles. The van der Waals surface area contributed by atoms with Crippen LogP contribution in [-0.4, -0.2) is 28.6 Å². The number of aromatic nitrogens is 2. The van der Waals surface area contributed by atoms with Crippen LogP contribution in [0.25, 0.3) is 10.9 Å². The van der Waals surface area contributed by atoms with Gasteiger partial charge in [-0.2, -0.15) is 0 Å². The minimum atomic E-state index is 0.0903. The minimum absolute atomic E-state index is 0.0903. The molecule has 1 fully saturated rings. The topological polar surface area (TPSA) is 65.4 Å². The van der Waals surface area contributed by atoms with Gasteiger partial charge in [-0.05, 0) is 72.0 Å². The van der Waals surface area contributed by atoms with Gasteiger partial charge in [0.15, 0.2) is 0 Å². The summed E-state index contributed by atoms with van der Waals surface area (Å²) in [5.74, 6) is 1.68. The van der Waals surface area contributed by atoms with Gasteiger partial charge in [-0.3, -0.25) is 9.78 Å². The lowest BCUT2D eigenvalue weighted by Gasteiger charge is -2.22. The Hall–Kier alpha value is -3.80. The van der Waals surface area contributed by atoms with E-state index in [4.69, 9.17) is 9.47 Å². The van der Waals surface area contributed by atoms with Crippen LogP contribution in [0.15, 0.2) is 73.2 Å². The first-order valence-electron chi connectivity index (χ1n) is 12.7. The zero-order valence-corrected chi connectivity index (χ0v) is 20.8. The smallest absolute Gasteiger partial charge is 0.224 e. The van der Waals surface area contributed by atoms with E-state index in [0.717, 1.165) is 46.4 Å². The maximum absolute atomic E-state index is 13.0. The van der Waals surface area contributed by atoms with Crippen molar-refractivity contribution < 1.29 is 14.3 Å². The summed E-state index contributed by atoms with van der Waals surface area (Å²) in [5.41, 5.74) is 4.30. The van der Waals surface area contributed by atoms with Gasteiger partial charge in [0.1, 0.15) is 18.1 Å². The van der Waals surface area contributed by atoms with Gasteiger partial charge in [0.05, 0.1) is 13.5 Å². The van der Waals surface area contributed by atoms with Crippen molar-refractivity contribution in [2.24, 2.45) is 0 Å². The molecule has 6 nitrogen and oxygen atoms in total. The number of nitrogens with one attached hydrogen (secondary N) is 1. The van der Waals surface area contributed by atoms with E-state index in [1.165, 1.54) is 24.8 Å². The van der Waals surface area contributed by atoms with Gasteiger partial charge in [0.2, 0.25) is 5.91 Å². The average Bonchev–Trinajstić information content (AvgIpc) is 3.24. The molecule has 0 unspecified atom stereocenters. The highest BCUT2D eigenvalue weighted by atomic mass is 16.5. The molecule has 1 aliphatic rings. The molecule has 1 saturated carbocycles. The molecule has 36 heavy (non-hydrogen) atoms. The van der Waals surface area contributed by atoms with Crippen LogP contribution >= 0.6 is 0 Å². The third kappa shape index (κ3) is 5.88. The molecule has 2 heterocycles. The maximum Gasteiger partial charge on any atom is 0.224 e. The number of carbonyl (C=O) groups excluding carboxylic acids is 1. The summed E-state index contributed by atoms with van der Waals surface area (Å²) < 4.78 is 13.7. The zero-order chi connectivity index (χ0) is 24.7. The maximum atomic E-state index is 13.0. The number of nitrogens with zero attached hydrogens (tertiary/aromatic N) is 2. The Bertz CT molecular complexity index is 1310. The third-order valence-electron chi connectivity index (χ3n) is 6.90. The predicted octanol–water partition coefficient (Wildman–Crippen LogP) is 5.66. The van der Waals surface area contributed by atoms with Crippen LogP contribution in [0.3, 0.4) is 0 Å².